The van der Waals surface area contributed by atoms with E-state index in [-0.39, 0.29) is 0 Å². The summed E-state index contributed by atoms with van der Waals surface area (Å²) < 4.78 is 5.13. The van der Waals surface area contributed by atoms with E-state index in [2.05, 4.69) is 29.4 Å². The second kappa shape index (κ2) is 7.25. The van der Waals surface area contributed by atoms with Crippen LogP contribution in [0.2, 0.25) is 0 Å². The summed E-state index contributed by atoms with van der Waals surface area (Å²) in [6, 6.07) is 8.29. The van der Waals surface area contributed by atoms with Gasteiger partial charge in [-0.05, 0) is 38.2 Å². The van der Waals surface area contributed by atoms with Gasteiger partial charge in [0.05, 0.1) is 7.11 Å². The van der Waals surface area contributed by atoms with Crippen molar-refractivity contribution in [3.8, 4) is 5.75 Å². The molecule has 1 aromatic rings. The Labute approximate surface area is 98.4 Å². The molecule has 0 radical (unpaired) electrons. The predicted molar refractivity (Wildman–Crippen MR) is 68.1 cm³/mol. The number of benzene rings is 1. The van der Waals surface area contributed by atoms with Gasteiger partial charge in [0.2, 0.25) is 0 Å². The highest BCUT2D eigenvalue weighted by Crippen LogP contribution is 2.11. The summed E-state index contributed by atoms with van der Waals surface area (Å²) >= 11 is 0. The number of nitrogens with one attached hydrogen (secondary N) is 1. The lowest BCUT2D eigenvalue weighted by molar-refractivity contribution is 0.339. The highest BCUT2D eigenvalue weighted by atomic mass is 16.5. The molecule has 1 aromatic carbocycles. The standard InChI is InChI=1S/C13H22N2O/c1-14-9-11-15(2)10-8-12-4-6-13(16-3)7-5-12/h4-7,14H,8-11H2,1-3H3. The molecule has 0 saturated heterocycles. The van der Waals surface area contributed by atoms with Crippen molar-refractivity contribution in [1.82, 2.24) is 10.2 Å². The number of likely N-dealkylation sites (N-methyl/N-ethyl adjacent to an activating group) is 2. The Kier molecular flexibility index (Phi) is 5.90. The van der Waals surface area contributed by atoms with Crippen LogP contribution in [-0.4, -0.2) is 45.7 Å². The molecule has 0 fully saturated rings. The molecular weight excluding hydrogens is 200 g/mol. The topological polar surface area (TPSA) is 24.5 Å². The Morgan fingerprint density at radius 2 is 1.88 bits per heavy atom. The summed E-state index contributed by atoms with van der Waals surface area (Å²) in [6.07, 6.45) is 1.09. The predicted octanol–water partition coefficient (Wildman–Crippen LogP) is 1.39. The Morgan fingerprint density at radius 1 is 1.19 bits per heavy atom. The van der Waals surface area contributed by atoms with Crippen LogP contribution in [0.5, 0.6) is 5.75 Å². The number of hydrogen-bond acceptors (Lipinski definition) is 3. The van der Waals surface area contributed by atoms with E-state index in [0.29, 0.717) is 0 Å². The summed E-state index contributed by atoms with van der Waals surface area (Å²) in [5.41, 5.74) is 1.36. The van der Waals surface area contributed by atoms with Crippen LogP contribution < -0.4 is 10.1 Å². The van der Waals surface area contributed by atoms with Crippen molar-refractivity contribution >= 4 is 0 Å². The van der Waals surface area contributed by atoms with Crippen LogP contribution in [0.4, 0.5) is 0 Å². The molecule has 1 rings (SSSR count). The third-order valence-electron chi connectivity index (χ3n) is 2.68. The zero-order chi connectivity index (χ0) is 11.8. The fourth-order valence-corrected chi connectivity index (χ4v) is 1.53. The first kappa shape index (κ1) is 13.0. The largest absolute Gasteiger partial charge is 0.497 e. The van der Waals surface area contributed by atoms with Gasteiger partial charge in [0, 0.05) is 19.6 Å². The van der Waals surface area contributed by atoms with Crippen LogP contribution in [0.3, 0.4) is 0 Å². The van der Waals surface area contributed by atoms with Crippen molar-refractivity contribution < 1.29 is 4.74 Å². The first-order valence-electron chi connectivity index (χ1n) is 5.72. The van der Waals surface area contributed by atoms with E-state index >= 15 is 0 Å². The van der Waals surface area contributed by atoms with Crippen LogP contribution in [0, 0.1) is 0 Å². The van der Waals surface area contributed by atoms with E-state index in [9.17, 15) is 0 Å². The second-order valence-corrected chi connectivity index (χ2v) is 4.00. The molecule has 90 valence electrons. The van der Waals surface area contributed by atoms with Crippen molar-refractivity contribution in [2.45, 2.75) is 6.42 Å². The zero-order valence-corrected chi connectivity index (χ0v) is 10.5. The monoisotopic (exact) mass is 222 g/mol. The van der Waals surface area contributed by atoms with E-state index in [1.54, 1.807) is 7.11 Å². The van der Waals surface area contributed by atoms with E-state index in [4.69, 9.17) is 4.74 Å². The zero-order valence-electron chi connectivity index (χ0n) is 10.5. The lowest BCUT2D eigenvalue weighted by Gasteiger charge is -2.16. The number of nitrogens with zero attached hydrogens (tertiary/aromatic N) is 1. The summed E-state index contributed by atoms with van der Waals surface area (Å²) in [6.45, 7) is 3.22. The van der Waals surface area contributed by atoms with E-state index in [0.717, 1.165) is 31.8 Å². The van der Waals surface area contributed by atoms with Crippen molar-refractivity contribution in [2.75, 3.05) is 40.8 Å². The molecule has 0 heterocycles. The fraction of sp³-hybridized carbons (Fsp3) is 0.538. The summed E-state index contributed by atoms with van der Waals surface area (Å²) in [5.74, 6) is 0.923. The number of ether oxygens (including phenoxy) is 1. The molecule has 16 heavy (non-hydrogen) atoms. The highest BCUT2D eigenvalue weighted by Gasteiger charge is 1.99. The van der Waals surface area contributed by atoms with E-state index in [1.165, 1.54) is 5.56 Å². The average molecular weight is 222 g/mol. The maximum atomic E-state index is 5.13. The first-order valence-corrected chi connectivity index (χ1v) is 5.72. The van der Waals surface area contributed by atoms with Crippen molar-refractivity contribution in [3.63, 3.8) is 0 Å². The number of methoxy groups -OCH3 is 1. The molecular formula is C13H22N2O. The third kappa shape index (κ3) is 4.64. The second-order valence-electron chi connectivity index (χ2n) is 4.00. The van der Waals surface area contributed by atoms with Crippen LogP contribution >= 0.6 is 0 Å². The molecule has 0 aliphatic rings. The van der Waals surface area contributed by atoms with Crippen LogP contribution in [-0.2, 0) is 6.42 Å². The van der Waals surface area contributed by atoms with Crippen molar-refractivity contribution in [2.24, 2.45) is 0 Å². The molecule has 0 bridgehead atoms. The van der Waals surface area contributed by atoms with Crippen LogP contribution in [0.1, 0.15) is 5.56 Å². The van der Waals surface area contributed by atoms with Crippen LogP contribution in [0.15, 0.2) is 24.3 Å². The van der Waals surface area contributed by atoms with Gasteiger partial charge in [-0.15, -0.1) is 0 Å². The van der Waals surface area contributed by atoms with Gasteiger partial charge in [-0.2, -0.15) is 0 Å². The Balaban J connectivity index is 2.30. The lowest BCUT2D eigenvalue weighted by Crippen LogP contribution is -2.29. The molecule has 0 spiro atoms. The fourth-order valence-electron chi connectivity index (χ4n) is 1.53. The van der Waals surface area contributed by atoms with Gasteiger partial charge in [-0.3, -0.25) is 0 Å². The maximum absolute atomic E-state index is 5.13. The van der Waals surface area contributed by atoms with Gasteiger partial charge in [-0.1, -0.05) is 12.1 Å². The molecule has 0 saturated carbocycles. The Bertz CT molecular complexity index is 284. The average Bonchev–Trinajstić information content (AvgIpc) is 2.34. The molecule has 0 unspecified atom stereocenters. The summed E-state index contributed by atoms with van der Waals surface area (Å²) in [7, 11) is 5.83. The van der Waals surface area contributed by atoms with Gasteiger partial charge in [-0.25, -0.2) is 0 Å². The summed E-state index contributed by atoms with van der Waals surface area (Å²) in [5, 5.41) is 3.15. The molecule has 1 N–H and O–H groups in total. The van der Waals surface area contributed by atoms with Crippen molar-refractivity contribution in [3.05, 3.63) is 29.8 Å². The quantitative estimate of drug-likeness (QED) is 0.754. The smallest absolute Gasteiger partial charge is 0.118 e. The normalized spacial score (nSPS) is 10.8. The van der Waals surface area contributed by atoms with Gasteiger partial charge >= 0.3 is 0 Å². The molecule has 0 atom stereocenters. The molecule has 0 amide bonds. The molecule has 0 aromatic heterocycles. The molecule has 0 aliphatic heterocycles. The lowest BCUT2D eigenvalue weighted by atomic mass is 10.1. The highest BCUT2D eigenvalue weighted by molar-refractivity contribution is 5.27. The van der Waals surface area contributed by atoms with E-state index in [1.807, 2.05) is 19.2 Å². The molecule has 3 nitrogen and oxygen atoms in total. The van der Waals surface area contributed by atoms with Crippen molar-refractivity contribution in [1.29, 1.82) is 0 Å². The maximum Gasteiger partial charge on any atom is 0.118 e. The third-order valence-corrected chi connectivity index (χ3v) is 2.68. The first-order chi connectivity index (χ1) is 7.76. The SMILES string of the molecule is CNCCN(C)CCc1ccc(OC)cc1. The molecule has 3 heteroatoms. The minimum atomic E-state index is 0.923. The number of hydrogen-bond donors (Lipinski definition) is 1. The Morgan fingerprint density at radius 3 is 2.44 bits per heavy atom. The van der Waals surface area contributed by atoms with Gasteiger partial charge in [0.1, 0.15) is 5.75 Å². The van der Waals surface area contributed by atoms with Gasteiger partial charge in [0.15, 0.2) is 0 Å². The van der Waals surface area contributed by atoms with Gasteiger partial charge in [0.25, 0.3) is 0 Å². The molecule has 0 aliphatic carbocycles. The van der Waals surface area contributed by atoms with Gasteiger partial charge < -0.3 is 15.0 Å². The summed E-state index contributed by atoms with van der Waals surface area (Å²) in [4.78, 5) is 2.33. The van der Waals surface area contributed by atoms with Crippen LogP contribution in [0.25, 0.3) is 0 Å². The Hall–Kier alpha value is -1.06. The number of rotatable bonds is 7. The minimum absolute atomic E-state index is 0.923. The van der Waals surface area contributed by atoms with E-state index < -0.39 is 0 Å². The minimum Gasteiger partial charge on any atom is -0.497 e.